The number of thiazole rings is 1. The molecule has 0 aliphatic carbocycles. The smallest absolute Gasteiger partial charge is 0.334 e. The first-order valence-corrected chi connectivity index (χ1v) is 15.6. The second kappa shape index (κ2) is 12.8. The summed E-state index contributed by atoms with van der Waals surface area (Å²) in [5, 5.41) is 0.959. The molecule has 240 valence electrons. The quantitative estimate of drug-likeness (QED) is 0.183. The Morgan fingerprint density at radius 2 is 1.61 bits per heavy atom. The van der Waals surface area contributed by atoms with E-state index < -0.39 is 46.6 Å². The third kappa shape index (κ3) is 5.85. The molecule has 1 fully saturated rings. The minimum Gasteiger partial charge on any atom is -0.363 e. The summed E-state index contributed by atoms with van der Waals surface area (Å²) in [4.78, 5) is 36.5. The Kier molecular flexibility index (Phi) is 8.82. The van der Waals surface area contributed by atoms with Crippen molar-refractivity contribution in [1.82, 2.24) is 19.0 Å². The summed E-state index contributed by atoms with van der Waals surface area (Å²) >= 11 is 1.62. The number of nitrogens with two attached hydrogens (primary N) is 1. The van der Waals surface area contributed by atoms with Crippen LogP contribution in [0.2, 0.25) is 0 Å². The van der Waals surface area contributed by atoms with Crippen molar-refractivity contribution in [2.75, 3.05) is 31.1 Å². The number of fused-ring (bicyclic) bond motifs is 1. The summed E-state index contributed by atoms with van der Waals surface area (Å²) < 4.78 is 62.2. The number of hydrogen-bond donors (Lipinski definition) is 1. The van der Waals surface area contributed by atoms with Gasteiger partial charge in [-0.1, -0.05) is 42.5 Å². The number of aromatic nitrogens is 3. The molecular formula is C33H32F4N6O2S. The first kappa shape index (κ1) is 31.6. The lowest BCUT2D eigenvalue weighted by Gasteiger charge is -2.36. The Morgan fingerprint density at radius 1 is 0.935 bits per heavy atom. The highest BCUT2D eigenvalue weighted by Crippen LogP contribution is 2.31. The zero-order chi connectivity index (χ0) is 32.7. The predicted molar refractivity (Wildman–Crippen MR) is 170 cm³/mol. The van der Waals surface area contributed by atoms with E-state index in [0.29, 0.717) is 48.9 Å². The van der Waals surface area contributed by atoms with Crippen LogP contribution in [-0.4, -0.2) is 45.2 Å². The second-order valence-electron chi connectivity index (χ2n) is 11.4. The van der Waals surface area contributed by atoms with Gasteiger partial charge in [0.05, 0.1) is 29.0 Å². The van der Waals surface area contributed by atoms with Gasteiger partial charge in [-0.15, -0.1) is 11.3 Å². The first-order valence-electron chi connectivity index (χ1n) is 14.8. The van der Waals surface area contributed by atoms with Gasteiger partial charge >= 0.3 is 5.69 Å². The van der Waals surface area contributed by atoms with Crippen molar-refractivity contribution in [2.45, 2.75) is 39.3 Å². The van der Waals surface area contributed by atoms with Crippen LogP contribution in [0.1, 0.15) is 39.7 Å². The topological polar surface area (TPSA) is 89.4 Å². The molecule has 0 radical (unpaired) electrons. The van der Waals surface area contributed by atoms with Crippen LogP contribution in [-0.2, 0) is 13.1 Å². The molecule has 0 amide bonds. The van der Waals surface area contributed by atoms with E-state index in [0.717, 1.165) is 19.8 Å². The van der Waals surface area contributed by atoms with Gasteiger partial charge in [-0.2, -0.15) is 0 Å². The minimum absolute atomic E-state index is 0.0581. The summed E-state index contributed by atoms with van der Waals surface area (Å²) in [5.41, 5.74) is 5.17. The summed E-state index contributed by atoms with van der Waals surface area (Å²) in [5.74, 6) is -5.06. The summed E-state index contributed by atoms with van der Waals surface area (Å²) in [6.45, 7) is 4.79. The molecule has 3 heterocycles. The van der Waals surface area contributed by atoms with Crippen LogP contribution in [0.5, 0.6) is 0 Å². The van der Waals surface area contributed by atoms with E-state index in [1.165, 1.54) is 13.8 Å². The SMILES string of the molecule is Cc1cc(F)c(F)c(F)c1C(F)n1c(C)c(N2CCN(Cc3nc4ccccc4s3)CC2)c(=O)n(CC(N)c2ccccc2)c1=O. The fraction of sp³-hybridized carbons (Fsp3) is 0.303. The molecule has 1 aliphatic rings. The molecule has 1 saturated heterocycles. The third-order valence-corrected chi connectivity index (χ3v) is 9.47. The van der Waals surface area contributed by atoms with Gasteiger partial charge < -0.3 is 10.6 Å². The Labute approximate surface area is 265 Å². The van der Waals surface area contributed by atoms with Crippen molar-refractivity contribution in [1.29, 1.82) is 0 Å². The van der Waals surface area contributed by atoms with Crippen molar-refractivity contribution >= 4 is 27.2 Å². The molecule has 0 saturated carbocycles. The largest absolute Gasteiger partial charge is 0.363 e. The Balaban J connectivity index is 1.37. The number of alkyl halides is 1. The normalized spacial score (nSPS) is 15.4. The number of anilines is 1. The van der Waals surface area contributed by atoms with Gasteiger partial charge in [0.25, 0.3) is 5.56 Å². The number of hydrogen-bond acceptors (Lipinski definition) is 7. The number of piperazine rings is 1. The Hall–Kier alpha value is -4.33. The number of para-hydroxylation sites is 1. The number of nitrogens with zero attached hydrogens (tertiary/aromatic N) is 5. The molecule has 0 bridgehead atoms. The van der Waals surface area contributed by atoms with Crippen LogP contribution in [0.25, 0.3) is 10.2 Å². The molecule has 2 unspecified atom stereocenters. The predicted octanol–water partition coefficient (Wildman–Crippen LogP) is 5.19. The minimum atomic E-state index is -2.55. The van der Waals surface area contributed by atoms with E-state index in [4.69, 9.17) is 10.7 Å². The third-order valence-electron chi connectivity index (χ3n) is 8.45. The van der Waals surface area contributed by atoms with Gasteiger partial charge in [0.2, 0.25) is 6.30 Å². The number of benzene rings is 3. The molecule has 0 spiro atoms. The lowest BCUT2D eigenvalue weighted by molar-refractivity contribution is 0.245. The van der Waals surface area contributed by atoms with Gasteiger partial charge in [-0.05, 0) is 43.2 Å². The van der Waals surface area contributed by atoms with Crippen molar-refractivity contribution in [2.24, 2.45) is 5.73 Å². The van der Waals surface area contributed by atoms with Gasteiger partial charge in [-0.25, -0.2) is 27.3 Å². The summed E-state index contributed by atoms with van der Waals surface area (Å²) in [6.07, 6.45) is -2.55. The van der Waals surface area contributed by atoms with Crippen molar-refractivity contribution in [3.05, 3.63) is 126 Å². The van der Waals surface area contributed by atoms with E-state index >= 15 is 8.78 Å². The fourth-order valence-corrected chi connectivity index (χ4v) is 7.02. The molecule has 2 N–H and O–H groups in total. The van der Waals surface area contributed by atoms with Gasteiger partial charge in [-0.3, -0.25) is 18.8 Å². The van der Waals surface area contributed by atoms with E-state index in [9.17, 15) is 18.4 Å². The number of rotatable bonds is 8. The molecule has 3 aromatic carbocycles. The van der Waals surface area contributed by atoms with Crippen LogP contribution >= 0.6 is 11.3 Å². The molecule has 5 aromatic rings. The highest BCUT2D eigenvalue weighted by molar-refractivity contribution is 7.18. The van der Waals surface area contributed by atoms with Crippen molar-refractivity contribution in [3.63, 3.8) is 0 Å². The lowest BCUT2D eigenvalue weighted by Crippen LogP contribution is -2.51. The maximum absolute atomic E-state index is 16.4. The summed E-state index contributed by atoms with van der Waals surface area (Å²) in [7, 11) is 0. The molecule has 6 rings (SSSR count). The van der Waals surface area contributed by atoms with E-state index in [1.807, 2.05) is 24.3 Å². The van der Waals surface area contributed by atoms with Crippen molar-refractivity contribution < 1.29 is 17.6 Å². The molecule has 2 aromatic heterocycles. The molecule has 1 aliphatic heterocycles. The zero-order valence-corrected chi connectivity index (χ0v) is 26.0. The average Bonchev–Trinajstić information content (AvgIpc) is 3.45. The van der Waals surface area contributed by atoms with Crippen LogP contribution in [0.15, 0.2) is 70.3 Å². The molecular weight excluding hydrogens is 620 g/mol. The number of halogens is 4. The zero-order valence-electron chi connectivity index (χ0n) is 25.2. The summed E-state index contributed by atoms with van der Waals surface area (Å²) in [6, 6.07) is 16.6. The lowest BCUT2D eigenvalue weighted by atomic mass is 10.1. The van der Waals surface area contributed by atoms with Crippen LogP contribution in [0.4, 0.5) is 23.2 Å². The van der Waals surface area contributed by atoms with Crippen LogP contribution in [0.3, 0.4) is 0 Å². The molecule has 13 heteroatoms. The standard InChI is InChI=1S/C33H32F4N6O2S/c1-19-16-22(34)28(35)29(36)27(19)31(37)43-20(2)30(32(44)42(33(43)45)17-23(38)21-8-4-3-5-9-21)41-14-12-40(13-15-41)18-26-39-24-10-6-7-11-25(24)46-26/h3-11,16,23,31H,12-15,17-18,38H2,1-2H3. The first-order chi connectivity index (χ1) is 22.0. The van der Waals surface area contributed by atoms with Crippen molar-refractivity contribution in [3.8, 4) is 0 Å². The number of aryl methyl sites for hydroxylation is 1. The average molecular weight is 653 g/mol. The molecule has 46 heavy (non-hydrogen) atoms. The van der Waals surface area contributed by atoms with Gasteiger partial charge in [0.1, 0.15) is 10.7 Å². The van der Waals surface area contributed by atoms with Gasteiger partial charge in [0, 0.05) is 37.8 Å². The Bertz CT molecular complexity index is 1990. The van der Waals surface area contributed by atoms with E-state index in [1.54, 1.807) is 46.6 Å². The van der Waals surface area contributed by atoms with Gasteiger partial charge in [0.15, 0.2) is 17.5 Å². The monoisotopic (exact) mass is 652 g/mol. The van der Waals surface area contributed by atoms with E-state index in [-0.39, 0.29) is 23.5 Å². The fourth-order valence-electron chi connectivity index (χ4n) is 6.01. The van der Waals surface area contributed by atoms with Crippen LogP contribution in [0, 0.1) is 31.3 Å². The maximum Gasteiger partial charge on any atom is 0.334 e. The molecule has 8 nitrogen and oxygen atoms in total. The molecule has 2 atom stereocenters. The second-order valence-corrected chi connectivity index (χ2v) is 12.5. The van der Waals surface area contributed by atoms with Crippen LogP contribution < -0.4 is 21.9 Å². The highest BCUT2D eigenvalue weighted by atomic mass is 32.1. The Morgan fingerprint density at radius 3 is 2.30 bits per heavy atom. The maximum atomic E-state index is 16.4. The van der Waals surface area contributed by atoms with E-state index in [2.05, 4.69) is 4.90 Å². The highest BCUT2D eigenvalue weighted by Gasteiger charge is 2.32.